The van der Waals surface area contributed by atoms with Crippen LogP contribution in [0.15, 0.2) is 36.8 Å². The Balaban J connectivity index is 1.45. The molecule has 0 amide bonds. The molecule has 1 aliphatic rings. The Hall–Kier alpha value is -2.54. The zero-order valence-corrected chi connectivity index (χ0v) is 14.3. The van der Waals surface area contributed by atoms with Gasteiger partial charge in [0.05, 0.1) is 12.5 Å². The predicted octanol–water partition coefficient (Wildman–Crippen LogP) is 2.21. The molecule has 4 rings (SSSR count). The summed E-state index contributed by atoms with van der Waals surface area (Å²) in [5.41, 5.74) is 2.68. The fourth-order valence-electron chi connectivity index (χ4n) is 3.28. The summed E-state index contributed by atoms with van der Waals surface area (Å²) in [5.74, 6) is 0.560. The highest BCUT2D eigenvalue weighted by Gasteiger charge is 2.18. The van der Waals surface area contributed by atoms with Crippen molar-refractivity contribution in [2.24, 2.45) is 7.05 Å². The van der Waals surface area contributed by atoms with Gasteiger partial charge in [-0.25, -0.2) is 14.4 Å². The van der Waals surface area contributed by atoms with Gasteiger partial charge < -0.3 is 9.47 Å². The maximum atomic E-state index is 13.4. The normalized spacial score (nSPS) is 16.3. The molecule has 1 saturated heterocycles. The third kappa shape index (κ3) is 3.46. The van der Waals surface area contributed by atoms with Crippen LogP contribution in [0.25, 0.3) is 11.2 Å². The van der Waals surface area contributed by atoms with Crippen LogP contribution >= 0.6 is 0 Å². The van der Waals surface area contributed by atoms with Crippen molar-refractivity contribution in [1.29, 1.82) is 0 Å². The molecule has 0 saturated carbocycles. The first-order valence-electron chi connectivity index (χ1n) is 8.55. The van der Waals surface area contributed by atoms with Crippen LogP contribution in [0.1, 0.15) is 12.0 Å². The van der Waals surface area contributed by atoms with Gasteiger partial charge in [0.25, 0.3) is 0 Å². The molecule has 1 aromatic carbocycles. The standard InChI is InChI=1S/C18H21FN6/c1-23-13-21-17-16(23)11-20-18(22-17)25-7-3-6-24(8-9-25)12-14-4-2-5-15(19)10-14/h2,4-5,10-11,13H,3,6-9,12H2,1H3. The first kappa shape index (κ1) is 16.0. The monoisotopic (exact) mass is 340 g/mol. The number of nitrogens with zero attached hydrogens (tertiary/aromatic N) is 6. The largest absolute Gasteiger partial charge is 0.339 e. The van der Waals surface area contributed by atoms with Gasteiger partial charge in [0.2, 0.25) is 5.95 Å². The number of benzene rings is 1. The van der Waals surface area contributed by atoms with Gasteiger partial charge >= 0.3 is 0 Å². The minimum absolute atomic E-state index is 0.175. The van der Waals surface area contributed by atoms with E-state index in [-0.39, 0.29) is 5.82 Å². The van der Waals surface area contributed by atoms with E-state index in [9.17, 15) is 4.39 Å². The number of hydrogen-bond acceptors (Lipinski definition) is 5. The van der Waals surface area contributed by atoms with E-state index in [1.165, 1.54) is 6.07 Å². The minimum Gasteiger partial charge on any atom is -0.339 e. The van der Waals surface area contributed by atoms with Crippen molar-refractivity contribution >= 4 is 17.1 Å². The number of aryl methyl sites for hydroxylation is 1. The summed E-state index contributed by atoms with van der Waals surface area (Å²) in [7, 11) is 1.94. The molecular weight excluding hydrogens is 319 g/mol. The number of aromatic nitrogens is 4. The number of imidazole rings is 1. The van der Waals surface area contributed by atoms with Crippen molar-refractivity contribution in [2.45, 2.75) is 13.0 Å². The second kappa shape index (κ2) is 6.76. The third-order valence-electron chi connectivity index (χ3n) is 4.64. The molecule has 2 aromatic heterocycles. The van der Waals surface area contributed by atoms with Gasteiger partial charge in [-0.3, -0.25) is 4.90 Å². The highest BCUT2D eigenvalue weighted by molar-refractivity contribution is 5.70. The molecule has 130 valence electrons. The van der Waals surface area contributed by atoms with E-state index in [0.717, 1.165) is 61.8 Å². The molecule has 0 aliphatic carbocycles. The lowest BCUT2D eigenvalue weighted by molar-refractivity contribution is 0.285. The maximum Gasteiger partial charge on any atom is 0.227 e. The number of anilines is 1. The molecule has 0 spiro atoms. The summed E-state index contributed by atoms with van der Waals surface area (Å²) in [6.45, 7) is 4.43. The van der Waals surface area contributed by atoms with E-state index in [2.05, 4.69) is 24.8 Å². The summed E-state index contributed by atoms with van der Waals surface area (Å²) in [6, 6.07) is 6.84. The van der Waals surface area contributed by atoms with E-state index in [1.54, 1.807) is 18.5 Å². The molecule has 0 atom stereocenters. The number of rotatable bonds is 3. The smallest absolute Gasteiger partial charge is 0.227 e. The van der Waals surface area contributed by atoms with Crippen molar-refractivity contribution in [1.82, 2.24) is 24.4 Å². The molecule has 3 aromatic rings. The maximum absolute atomic E-state index is 13.4. The Bertz CT molecular complexity index is 877. The molecule has 6 nitrogen and oxygen atoms in total. The van der Waals surface area contributed by atoms with Crippen LogP contribution in [-0.4, -0.2) is 50.6 Å². The molecule has 25 heavy (non-hydrogen) atoms. The van der Waals surface area contributed by atoms with Gasteiger partial charge in [-0.15, -0.1) is 0 Å². The molecule has 0 N–H and O–H groups in total. The SMILES string of the molecule is Cn1cnc2nc(N3CCCN(Cc4cccc(F)c4)CC3)ncc21. The van der Waals surface area contributed by atoms with E-state index in [4.69, 9.17) is 0 Å². The van der Waals surface area contributed by atoms with E-state index < -0.39 is 0 Å². The summed E-state index contributed by atoms with van der Waals surface area (Å²) >= 11 is 0. The summed E-state index contributed by atoms with van der Waals surface area (Å²) < 4.78 is 15.3. The summed E-state index contributed by atoms with van der Waals surface area (Å²) in [5, 5.41) is 0. The number of hydrogen-bond donors (Lipinski definition) is 0. The van der Waals surface area contributed by atoms with Crippen LogP contribution in [0, 0.1) is 5.82 Å². The lowest BCUT2D eigenvalue weighted by Gasteiger charge is -2.22. The van der Waals surface area contributed by atoms with Gasteiger partial charge in [-0.05, 0) is 24.1 Å². The average molecular weight is 340 g/mol. The fraction of sp³-hybridized carbons (Fsp3) is 0.389. The van der Waals surface area contributed by atoms with Crippen molar-refractivity contribution in [3.63, 3.8) is 0 Å². The van der Waals surface area contributed by atoms with Crippen LogP contribution in [0.4, 0.5) is 10.3 Å². The van der Waals surface area contributed by atoms with E-state index >= 15 is 0 Å². The highest BCUT2D eigenvalue weighted by atomic mass is 19.1. The van der Waals surface area contributed by atoms with Gasteiger partial charge in [-0.1, -0.05) is 12.1 Å². The Labute approximate surface area is 145 Å². The minimum atomic E-state index is -0.175. The van der Waals surface area contributed by atoms with Crippen LogP contribution < -0.4 is 4.90 Å². The van der Waals surface area contributed by atoms with Gasteiger partial charge in [0.1, 0.15) is 11.3 Å². The molecule has 0 bridgehead atoms. The Morgan fingerprint density at radius 1 is 1.12 bits per heavy atom. The lowest BCUT2D eigenvalue weighted by atomic mass is 10.2. The summed E-state index contributed by atoms with van der Waals surface area (Å²) in [6.07, 6.45) is 4.62. The van der Waals surface area contributed by atoms with Crippen LogP contribution in [0.5, 0.6) is 0 Å². The quantitative estimate of drug-likeness (QED) is 0.732. The molecule has 1 aliphatic heterocycles. The van der Waals surface area contributed by atoms with Crippen LogP contribution in [0.3, 0.4) is 0 Å². The molecule has 7 heteroatoms. The lowest BCUT2D eigenvalue weighted by Crippen LogP contribution is -2.31. The Morgan fingerprint density at radius 2 is 2.04 bits per heavy atom. The van der Waals surface area contributed by atoms with Gasteiger partial charge in [0, 0.05) is 39.8 Å². The van der Waals surface area contributed by atoms with Crippen LogP contribution in [0.2, 0.25) is 0 Å². The van der Waals surface area contributed by atoms with E-state index in [0.29, 0.717) is 0 Å². The molecule has 3 heterocycles. The van der Waals surface area contributed by atoms with Crippen molar-refractivity contribution in [3.05, 3.63) is 48.2 Å². The van der Waals surface area contributed by atoms with Gasteiger partial charge in [0.15, 0.2) is 5.65 Å². The Kier molecular flexibility index (Phi) is 4.31. The van der Waals surface area contributed by atoms with Crippen molar-refractivity contribution in [3.8, 4) is 0 Å². The van der Waals surface area contributed by atoms with Gasteiger partial charge in [-0.2, -0.15) is 4.98 Å². The predicted molar refractivity (Wildman–Crippen MR) is 94.8 cm³/mol. The molecule has 0 unspecified atom stereocenters. The van der Waals surface area contributed by atoms with Crippen molar-refractivity contribution in [2.75, 3.05) is 31.1 Å². The highest BCUT2D eigenvalue weighted by Crippen LogP contribution is 2.16. The first-order chi connectivity index (χ1) is 12.2. The van der Waals surface area contributed by atoms with E-state index in [1.807, 2.05) is 23.9 Å². The topological polar surface area (TPSA) is 50.1 Å². The molecule has 1 fully saturated rings. The number of fused-ring (bicyclic) bond motifs is 1. The molecular formula is C18H21FN6. The van der Waals surface area contributed by atoms with Crippen molar-refractivity contribution < 1.29 is 4.39 Å². The number of halogens is 1. The zero-order valence-electron chi connectivity index (χ0n) is 14.3. The fourth-order valence-corrected chi connectivity index (χ4v) is 3.28. The zero-order chi connectivity index (χ0) is 17.2. The summed E-state index contributed by atoms with van der Waals surface area (Å²) in [4.78, 5) is 18.0. The van der Waals surface area contributed by atoms with Crippen LogP contribution in [-0.2, 0) is 13.6 Å². The third-order valence-corrected chi connectivity index (χ3v) is 4.64. The second-order valence-electron chi connectivity index (χ2n) is 6.48. The molecule has 0 radical (unpaired) electrons. The first-order valence-corrected chi connectivity index (χ1v) is 8.55. The Morgan fingerprint density at radius 3 is 2.92 bits per heavy atom. The second-order valence-corrected chi connectivity index (χ2v) is 6.48. The average Bonchev–Trinajstić information content (AvgIpc) is 2.83.